The summed E-state index contributed by atoms with van der Waals surface area (Å²) in [6.07, 6.45) is 5.26. The van der Waals surface area contributed by atoms with Crippen LogP contribution in [0.5, 0.6) is 0 Å². The van der Waals surface area contributed by atoms with Crippen LogP contribution in [0.2, 0.25) is 0 Å². The SMILES string of the molecule is Cc1cc(C(=O)N[C@H](C(=O)NC(Cc2ccccc2)C(O)CN2C[C@H]3CCCC[C@H]3CC2C(=O)NC(C)(C)C)C(C)(C)S(C)(=O)=O)no1. The molecular weight excluding hydrogens is 634 g/mol. The zero-order valence-electron chi connectivity index (χ0n) is 29.3. The summed E-state index contributed by atoms with van der Waals surface area (Å²) < 4.78 is 29.2. The number of carbonyl (C=O) groups is 3. The molecule has 2 heterocycles. The number of hydrogen-bond donors (Lipinski definition) is 4. The van der Waals surface area contributed by atoms with Crippen molar-refractivity contribution >= 4 is 27.6 Å². The summed E-state index contributed by atoms with van der Waals surface area (Å²) in [5, 5.41) is 24.2. The Labute approximate surface area is 284 Å². The van der Waals surface area contributed by atoms with Crippen LogP contribution in [0.1, 0.15) is 88.5 Å². The van der Waals surface area contributed by atoms with Crippen molar-refractivity contribution in [1.82, 2.24) is 26.0 Å². The van der Waals surface area contributed by atoms with E-state index in [0.717, 1.165) is 37.5 Å². The second-order valence-corrected chi connectivity index (χ2v) is 17.8. The lowest BCUT2D eigenvalue weighted by Crippen LogP contribution is -2.64. The Kier molecular flexibility index (Phi) is 11.8. The number of hydrogen-bond acceptors (Lipinski definition) is 9. The van der Waals surface area contributed by atoms with Crippen molar-refractivity contribution in [2.45, 2.75) is 115 Å². The number of aromatic nitrogens is 1. The molecule has 4 rings (SSSR count). The molecule has 2 fully saturated rings. The van der Waals surface area contributed by atoms with Gasteiger partial charge in [0.05, 0.1) is 22.9 Å². The summed E-state index contributed by atoms with van der Waals surface area (Å²) in [6, 6.07) is 7.89. The fourth-order valence-electron chi connectivity index (χ4n) is 6.86. The Balaban J connectivity index is 1.62. The molecular formula is C35H53N5O7S. The van der Waals surface area contributed by atoms with Gasteiger partial charge in [-0.2, -0.15) is 0 Å². The van der Waals surface area contributed by atoms with Gasteiger partial charge in [0.15, 0.2) is 15.5 Å². The van der Waals surface area contributed by atoms with Gasteiger partial charge in [0.25, 0.3) is 5.91 Å². The van der Waals surface area contributed by atoms with Crippen LogP contribution >= 0.6 is 0 Å². The van der Waals surface area contributed by atoms with Gasteiger partial charge in [-0.15, -0.1) is 0 Å². The predicted molar refractivity (Wildman–Crippen MR) is 183 cm³/mol. The van der Waals surface area contributed by atoms with E-state index in [0.29, 0.717) is 30.6 Å². The number of nitrogens with zero attached hydrogens (tertiary/aromatic N) is 2. The molecule has 3 unspecified atom stereocenters. The average molecular weight is 688 g/mol. The first-order valence-electron chi connectivity index (χ1n) is 16.9. The van der Waals surface area contributed by atoms with Gasteiger partial charge >= 0.3 is 0 Å². The van der Waals surface area contributed by atoms with Gasteiger partial charge in [0.2, 0.25) is 11.8 Å². The second kappa shape index (κ2) is 15.1. The third-order valence-electron chi connectivity index (χ3n) is 9.86. The minimum Gasteiger partial charge on any atom is -0.390 e. The molecule has 4 N–H and O–H groups in total. The summed E-state index contributed by atoms with van der Waals surface area (Å²) in [5.41, 5.74) is 0.322. The molecule has 2 aromatic rings. The molecule has 1 aromatic carbocycles. The number of sulfone groups is 1. The smallest absolute Gasteiger partial charge is 0.274 e. The number of fused-ring (bicyclic) bond motifs is 1. The molecule has 12 nitrogen and oxygen atoms in total. The summed E-state index contributed by atoms with van der Waals surface area (Å²) in [5.74, 6) is -0.385. The van der Waals surface area contributed by atoms with E-state index in [1.54, 1.807) is 6.92 Å². The lowest BCUT2D eigenvalue weighted by molar-refractivity contribution is -0.133. The summed E-state index contributed by atoms with van der Waals surface area (Å²) in [7, 11) is -3.88. The minimum absolute atomic E-state index is 0.0804. The lowest BCUT2D eigenvalue weighted by atomic mass is 9.72. The summed E-state index contributed by atoms with van der Waals surface area (Å²) >= 11 is 0. The molecule has 0 spiro atoms. The Morgan fingerprint density at radius 3 is 2.27 bits per heavy atom. The first kappa shape index (κ1) is 37.5. The summed E-state index contributed by atoms with van der Waals surface area (Å²) in [6.45, 7) is 11.0. The van der Waals surface area contributed by atoms with E-state index in [1.165, 1.54) is 19.9 Å². The number of carbonyl (C=O) groups excluding carboxylic acids is 3. The van der Waals surface area contributed by atoms with Crippen LogP contribution in [0.3, 0.4) is 0 Å². The zero-order valence-corrected chi connectivity index (χ0v) is 30.1. The predicted octanol–water partition coefficient (Wildman–Crippen LogP) is 2.79. The van der Waals surface area contributed by atoms with E-state index in [-0.39, 0.29) is 24.6 Å². The Morgan fingerprint density at radius 1 is 1.04 bits per heavy atom. The van der Waals surface area contributed by atoms with Crippen LogP contribution in [-0.2, 0) is 25.8 Å². The molecule has 1 aliphatic heterocycles. The van der Waals surface area contributed by atoms with Gasteiger partial charge in [-0.3, -0.25) is 19.3 Å². The van der Waals surface area contributed by atoms with Crippen LogP contribution in [0, 0.1) is 18.8 Å². The molecule has 1 saturated carbocycles. The first-order chi connectivity index (χ1) is 22.4. The molecule has 1 aromatic heterocycles. The van der Waals surface area contributed by atoms with Gasteiger partial charge in [-0.1, -0.05) is 54.8 Å². The van der Waals surface area contributed by atoms with E-state index in [9.17, 15) is 27.9 Å². The van der Waals surface area contributed by atoms with Crippen molar-refractivity contribution in [3.05, 3.63) is 53.4 Å². The third kappa shape index (κ3) is 9.44. The molecule has 266 valence electrons. The van der Waals surface area contributed by atoms with Gasteiger partial charge in [-0.25, -0.2) is 8.42 Å². The first-order valence-corrected chi connectivity index (χ1v) is 18.8. The topological polar surface area (TPSA) is 171 Å². The van der Waals surface area contributed by atoms with Crippen LogP contribution in [0.25, 0.3) is 0 Å². The van der Waals surface area contributed by atoms with E-state index in [2.05, 4.69) is 26.0 Å². The molecule has 13 heteroatoms. The Bertz CT molecular complexity index is 1540. The number of aliphatic hydroxyl groups excluding tert-OH is 1. The van der Waals surface area contributed by atoms with Gasteiger partial charge < -0.3 is 25.6 Å². The van der Waals surface area contributed by atoms with Crippen LogP contribution in [-0.4, -0.2) is 95.2 Å². The van der Waals surface area contributed by atoms with Gasteiger partial charge in [0.1, 0.15) is 11.8 Å². The Morgan fingerprint density at radius 2 is 1.69 bits per heavy atom. The highest BCUT2D eigenvalue weighted by Crippen LogP contribution is 2.39. The maximum Gasteiger partial charge on any atom is 0.274 e. The van der Waals surface area contributed by atoms with E-state index in [1.807, 2.05) is 51.1 Å². The number of rotatable bonds is 12. The monoisotopic (exact) mass is 687 g/mol. The van der Waals surface area contributed by atoms with Crippen molar-refractivity contribution in [3.63, 3.8) is 0 Å². The van der Waals surface area contributed by atoms with Crippen molar-refractivity contribution < 1.29 is 32.4 Å². The van der Waals surface area contributed by atoms with Gasteiger partial charge in [0, 0.05) is 31.0 Å². The van der Waals surface area contributed by atoms with E-state index < -0.39 is 56.2 Å². The number of nitrogens with one attached hydrogen (secondary N) is 3. The van der Waals surface area contributed by atoms with Crippen LogP contribution in [0.15, 0.2) is 40.9 Å². The zero-order chi connectivity index (χ0) is 35.4. The van der Waals surface area contributed by atoms with Crippen LogP contribution < -0.4 is 16.0 Å². The highest BCUT2D eigenvalue weighted by molar-refractivity contribution is 7.92. The lowest BCUT2D eigenvalue weighted by Gasteiger charge is -2.47. The maximum absolute atomic E-state index is 14.1. The maximum atomic E-state index is 14.1. The normalized spacial score (nSPS) is 22.5. The van der Waals surface area contributed by atoms with Crippen molar-refractivity contribution in [2.24, 2.45) is 11.8 Å². The van der Waals surface area contributed by atoms with E-state index >= 15 is 0 Å². The average Bonchev–Trinajstić information content (AvgIpc) is 3.44. The van der Waals surface area contributed by atoms with Crippen molar-refractivity contribution in [1.29, 1.82) is 0 Å². The number of amides is 3. The quantitative estimate of drug-likeness (QED) is 0.262. The van der Waals surface area contributed by atoms with Gasteiger partial charge in [-0.05, 0) is 78.2 Å². The minimum atomic E-state index is -3.88. The number of likely N-dealkylation sites (tertiary alicyclic amines) is 1. The standard InChI is InChI=1S/C35H53N5O7S/c1-22-17-27(39-47-22)31(42)37-30(35(5,6)48(7,45)46)33(44)36-26(18-23-13-9-8-10-14-23)29(41)21-40-20-25-16-12-11-15-24(25)19-28(40)32(43)38-34(2,3)4/h8-10,13-14,17,24-26,28-30,41H,11-12,15-16,18-21H2,1-7H3,(H,36,44)(H,37,42)(H,38,43)/t24-,25+,26?,28?,29?,30+/m0/s1. The fraction of sp³-hybridized carbons (Fsp3) is 0.657. The summed E-state index contributed by atoms with van der Waals surface area (Å²) in [4.78, 5) is 42.9. The number of aryl methyl sites for hydroxylation is 1. The molecule has 6 atom stereocenters. The number of aliphatic hydroxyl groups is 1. The Hall–Kier alpha value is -3.29. The third-order valence-corrected chi connectivity index (χ3v) is 12.0. The number of benzene rings is 1. The van der Waals surface area contributed by atoms with E-state index in [4.69, 9.17) is 4.52 Å². The van der Waals surface area contributed by atoms with Crippen molar-refractivity contribution in [2.75, 3.05) is 19.3 Å². The molecule has 48 heavy (non-hydrogen) atoms. The molecule has 2 aliphatic rings. The van der Waals surface area contributed by atoms with Crippen LogP contribution in [0.4, 0.5) is 0 Å². The second-order valence-electron chi connectivity index (χ2n) is 15.2. The van der Waals surface area contributed by atoms with Crippen molar-refractivity contribution in [3.8, 4) is 0 Å². The molecule has 0 radical (unpaired) electrons. The number of piperidine rings is 1. The highest BCUT2D eigenvalue weighted by Gasteiger charge is 2.46. The molecule has 0 bridgehead atoms. The molecule has 1 aliphatic carbocycles. The highest BCUT2D eigenvalue weighted by atomic mass is 32.2. The molecule has 1 saturated heterocycles. The largest absolute Gasteiger partial charge is 0.390 e. The number of β-amino-alcohol motifs (C(OH)–C–C–N with tert-alkyl or cyclic N) is 1. The fourth-order valence-corrected chi connectivity index (χ4v) is 7.45. The molecule has 3 amide bonds.